The van der Waals surface area contributed by atoms with E-state index in [4.69, 9.17) is 14.7 Å². The van der Waals surface area contributed by atoms with Gasteiger partial charge in [-0.2, -0.15) is 0 Å². The zero-order valence-corrected chi connectivity index (χ0v) is 13.8. The van der Waals surface area contributed by atoms with E-state index < -0.39 is 0 Å². The first-order chi connectivity index (χ1) is 12.6. The van der Waals surface area contributed by atoms with Gasteiger partial charge in [-0.25, -0.2) is 0 Å². The smallest absolute Gasteiger partial charge is 0.231 e. The first kappa shape index (κ1) is 15.9. The molecule has 0 bridgehead atoms. The van der Waals surface area contributed by atoms with Gasteiger partial charge in [-0.1, -0.05) is 29.4 Å². The van der Waals surface area contributed by atoms with Gasteiger partial charge in [0.2, 0.25) is 6.79 Å². The molecular weight excluding hydrogens is 336 g/mol. The van der Waals surface area contributed by atoms with E-state index in [0.29, 0.717) is 39.6 Å². The second-order valence-corrected chi connectivity index (χ2v) is 5.80. The molecular formula is C19H14N2O5. The molecule has 2 N–H and O–H groups in total. The molecule has 0 radical (unpaired) electrons. The van der Waals surface area contributed by atoms with Gasteiger partial charge in [-0.15, -0.1) is 0 Å². The average molecular weight is 350 g/mol. The summed E-state index contributed by atoms with van der Waals surface area (Å²) in [7, 11) is 0. The predicted molar refractivity (Wildman–Crippen MR) is 95.0 cm³/mol. The number of ketones is 1. The Morgan fingerprint density at radius 3 is 2.54 bits per heavy atom. The van der Waals surface area contributed by atoms with Crippen LogP contribution in [0.15, 0.2) is 52.1 Å². The molecule has 0 spiro atoms. The molecule has 1 aliphatic heterocycles. The zero-order valence-electron chi connectivity index (χ0n) is 13.8. The highest BCUT2D eigenvalue weighted by atomic mass is 16.7. The number of hydrogen-bond acceptors (Lipinski definition) is 7. The van der Waals surface area contributed by atoms with Crippen LogP contribution in [0.5, 0.6) is 11.5 Å². The van der Waals surface area contributed by atoms with Crippen LogP contribution in [0.2, 0.25) is 0 Å². The molecule has 130 valence electrons. The van der Waals surface area contributed by atoms with Crippen LogP contribution in [-0.2, 0) is 0 Å². The van der Waals surface area contributed by atoms with Crippen molar-refractivity contribution in [3.8, 4) is 11.5 Å². The summed E-state index contributed by atoms with van der Waals surface area (Å²) in [6.45, 7) is 1.71. The number of ether oxygens (including phenoxy) is 2. The van der Waals surface area contributed by atoms with Crippen LogP contribution >= 0.6 is 0 Å². The number of fused-ring (bicyclic) bond motifs is 2. The standard InChI is InChI=1S/C19H14N2O5/c1-10(21-24)13-6-16-17(26-9-25-16)7-15(13)20-8-14-18(22)11-4-2-3-5-12(11)19(14)23/h2-8,22,24H,9H2,1H3. The maximum atomic E-state index is 12.5. The molecule has 0 atom stereocenters. The van der Waals surface area contributed by atoms with Crippen molar-refractivity contribution in [3.63, 3.8) is 0 Å². The van der Waals surface area contributed by atoms with Gasteiger partial charge < -0.3 is 19.8 Å². The number of allylic oxidation sites excluding steroid dienone is 1. The summed E-state index contributed by atoms with van der Waals surface area (Å²) in [5.74, 6) is 0.625. The maximum absolute atomic E-state index is 12.5. The van der Waals surface area contributed by atoms with Crippen LogP contribution in [0.25, 0.3) is 5.76 Å². The first-order valence-corrected chi connectivity index (χ1v) is 7.84. The minimum atomic E-state index is -0.295. The minimum absolute atomic E-state index is 0.0942. The van der Waals surface area contributed by atoms with Crippen molar-refractivity contribution in [1.82, 2.24) is 0 Å². The Morgan fingerprint density at radius 1 is 1.15 bits per heavy atom. The number of oxime groups is 1. The molecule has 7 heteroatoms. The largest absolute Gasteiger partial charge is 0.506 e. The van der Waals surface area contributed by atoms with Crippen LogP contribution in [0, 0.1) is 0 Å². The third-order valence-corrected chi connectivity index (χ3v) is 4.29. The average Bonchev–Trinajstić information content (AvgIpc) is 3.22. The fraction of sp³-hybridized carbons (Fsp3) is 0.105. The lowest BCUT2D eigenvalue weighted by Gasteiger charge is -2.06. The van der Waals surface area contributed by atoms with Crippen LogP contribution in [-0.4, -0.2) is 34.8 Å². The van der Waals surface area contributed by atoms with Crippen molar-refractivity contribution in [1.29, 1.82) is 0 Å². The van der Waals surface area contributed by atoms with E-state index >= 15 is 0 Å². The molecule has 0 aromatic heterocycles. The summed E-state index contributed by atoms with van der Waals surface area (Å²) in [5.41, 5.74) is 2.30. The van der Waals surface area contributed by atoms with Crippen molar-refractivity contribution in [2.75, 3.05) is 6.79 Å². The molecule has 2 aliphatic rings. The fourth-order valence-electron chi connectivity index (χ4n) is 2.92. The van der Waals surface area contributed by atoms with Crippen LogP contribution in [0.1, 0.15) is 28.4 Å². The normalized spacial score (nSPS) is 15.9. The Hall–Kier alpha value is -3.61. The second-order valence-electron chi connectivity index (χ2n) is 5.80. The summed E-state index contributed by atoms with van der Waals surface area (Å²) in [4.78, 5) is 16.8. The fourth-order valence-corrected chi connectivity index (χ4v) is 2.92. The Bertz CT molecular complexity index is 1020. The number of carbonyl (C=O) groups excluding carboxylic acids is 1. The van der Waals surface area contributed by atoms with Gasteiger partial charge in [0.05, 0.1) is 17.0 Å². The number of nitrogens with zero attached hydrogens (tertiary/aromatic N) is 2. The highest BCUT2D eigenvalue weighted by molar-refractivity contribution is 6.30. The molecule has 26 heavy (non-hydrogen) atoms. The van der Waals surface area contributed by atoms with Crippen molar-refractivity contribution in [3.05, 3.63) is 58.7 Å². The third-order valence-electron chi connectivity index (χ3n) is 4.29. The number of hydrogen-bond donors (Lipinski definition) is 2. The van der Waals surface area contributed by atoms with Crippen molar-refractivity contribution >= 4 is 29.2 Å². The number of aliphatic hydroxyl groups is 1. The molecule has 7 nitrogen and oxygen atoms in total. The highest BCUT2D eigenvalue weighted by Crippen LogP contribution is 2.39. The lowest BCUT2D eigenvalue weighted by Crippen LogP contribution is -2.00. The van der Waals surface area contributed by atoms with Gasteiger partial charge in [-0.05, 0) is 13.0 Å². The maximum Gasteiger partial charge on any atom is 0.231 e. The number of aliphatic imine (C=N–C) groups is 1. The van der Waals surface area contributed by atoms with Crippen LogP contribution in [0.4, 0.5) is 5.69 Å². The highest BCUT2D eigenvalue weighted by Gasteiger charge is 2.28. The Morgan fingerprint density at radius 2 is 1.85 bits per heavy atom. The molecule has 2 aromatic rings. The van der Waals surface area contributed by atoms with Gasteiger partial charge in [-0.3, -0.25) is 9.79 Å². The summed E-state index contributed by atoms with van der Waals surface area (Å²) >= 11 is 0. The van der Waals surface area contributed by atoms with E-state index in [1.54, 1.807) is 43.3 Å². The number of Topliss-reactive ketones (excluding diaryl/α,β-unsaturated/α-hetero) is 1. The van der Waals surface area contributed by atoms with E-state index in [0.717, 1.165) is 0 Å². The minimum Gasteiger partial charge on any atom is -0.506 e. The second kappa shape index (κ2) is 6.03. The summed E-state index contributed by atoms with van der Waals surface area (Å²) in [5, 5.41) is 22.6. The molecule has 0 amide bonds. The van der Waals surface area contributed by atoms with E-state index in [9.17, 15) is 9.90 Å². The van der Waals surface area contributed by atoms with E-state index in [1.807, 2.05) is 0 Å². The summed E-state index contributed by atoms with van der Waals surface area (Å²) < 4.78 is 10.7. The topological polar surface area (TPSA) is 101 Å². The van der Waals surface area contributed by atoms with Gasteiger partial charge in [0.25, 0.3) is 0 Å². The molecule has 1 heterocycles. The van der Waals surface area contributed by atoms with Gasteiger partial charge in [0.15, 0.2) is 17.3 Å². The lowest BCUT2D eigenvalue weighted by molar-refractivity contribution is 0.104. The number of carbonyl (C=O) groups is 1. The number of rotatable bonds is 3. The molecule has 0 saturated heterocycles. The molecule has 0 saturated carbocycles. The number of benzene rings is 2. The number of aliphatic hydroxyl groups excluding tert-OH is 1. The van der Waals surface area contributed by atoms with Crippen LogP contribution < -0.4 is 9.47 Å². The van der Waals surface area contributed by atoms with Gasteiger partial charge in [0.1, 0.15) is 5.76 Å². The van der Waals surface area contributed by atoms with Gasteiger partial charge >= 0.3 is 0 Å². The van der Waals surface area contributed by atoms with E-state index in [1.165, 1.54) is 6.21 Å². The van der Waals surface area contributed by atoms with Crippen molar-refractivity contribution in [2.24, 2.45) is 10.1 Å². The Balaban J connectivity index is 1.77. The van der Waals surface area contributed by atoms with Crippen molar-refractivity contribution in [2.45, 2.75) is 6.92 Å². The lowest BCUT2D eigenvalue weighted by atomic mass is 10.1. The zero-order chi connectivity index (χ0) is 18.3. The summed E-state index contributed by atoms with van der Waals surface area (Å²) in [6.07, 6.45) is 1.31. The monoisotopic (exact) mass is 350 g/mol. The van der Waals surface area contributed by atoms with E-state index in [-0.39, 0.29) is 23.9 Å². The van der Waals surface area contributed by atoms with Crippen LogP contribution in [0.3, 0.4) is 0 Å². The first-order valence-electron chi connectivity index (χ1n) is 7.84. The SMILES string of the molecule is CC(=NO)c1cc2c(cc1N=CC1=C(O)c3ccccc3C1=O)OCO2. The Labute approximate surface area is 148 Å². The molecule has 0 fully saturated rings. The van der Waals surface area contributed by atoms with Gasteiger partial charge in [0, 0.05) is 29.0 Å². The van der Waals surface area contributed by atoms with E-state index in [2.05, 4.69) is 10.1 Å². The molecule has 2 aromatic carbocycles. The Kier molecular flexibility index (Phi) is 3.69. The third kappa shape index (κ3) is 2.41. The molecule has 1 aliphatic carbocycles. The predicted octanol–water partition coefficient (Wildman–Crippen LogP) is 3.48. The quantitative estimate of drug-likeness (QED) is 0.501. The molecule has 4 rings (SSSR count). The summed E-state index contributed by atoms with van der Waals surface area (Å²) in [6, 6.07) is 10.1. The van der Waals surface area contributed by atoms with Crippen molar-refractivity contribution < 1.29 is 24.6 Å². The molecule has 0 unspecified atom stereocenters.